The Kier molecular flexibility index (Phi) is 2.57. The number of hydrogen-bond acceptors (Lipinski definition) is 3. The minimum absolute atomic E-state index is 0.633. The van der Waals surface area contributed by atoms with Crippen LogP contribution >= 0.6 is 0 Å². The second-order valence-corrected chi connectivity index (χ2v) is 4.71. The Hall–Kier alpha value is -1.45. The first-order valence-corrected chi connectivity index (χ1v) is 6.06. The molecule has 2 N–H and O–H groups in total. The van der Waals surface area contributed by atoms with Gasteiger partial charge >= 0.3 is 0 Å². The number of rotatable bonds is 1. The van der Waals surface area contributed by atoms with Gasteiger partial charge in [-0.05, 0) is 36.4 Å². The van der Waals surface area contributed by atoms with Gasteiger partial charge in [0.1, 0.15) is 5.60 Å². The van der Waals surface area contributed by atoms with Crippen LogP contribution in [0.4, 0.5) is 0 Å². The molecule has 0 amide bonds. The van der Waals surface area contributed by atoms with Crippen molar-refractivity contribution in [2.24, 2.45) is 0 Å². The normalized spacial score (nSPS) is 25.0. The van der Waals surface area contributed by atoms with Crippen molar-refractivity contribution < 1.29 is 5.11 Å². The lowest BCUT2D eigenvalue weighted by Gasteiger charge is -2.34. The topological polar surface area (TPSA) is 45.2 Å². The number of pyridine rings is 1. The highest BCUT2D eigenvalue weighted by atomic mass is 16.3. The average molecular weight is 228 g/mol. The molecule has 3 rings (SSSR count). The first kappa shape index (κ1) is 10.7. The highest BCUT2D eigenvalue weighted by Crippen LogP contribution is 2.33. The summed E-state index contributed by atoms with van der Waals surface area (Å²) in [7, 11) is 0. The second-order valence-electron chi connectivity index (χ2n) is 4.71. The number of β-amino-alcohol motifs (C(OH)–C–C–N with tert-alkyl or cyclic N) is 1. The summed E-state index contributed by atoms with van der Waals surface area (Å²) in [6, 6.07) is 8.03. The third kappa shape index (κ3) is 1.81. The van der Waals surface area contributed by atoms with Gasteiger partial charge in [-0.15, -0.1) is 0 Å². The van der Waals surface area contributed by atoms with E-state index in [2.05, 4.69) is 10.3 Å². The number of nitrogens with one attached hydrogen (secondary N) is 1. The van der Waals surface area contributed by atoms with Crippen LogP contribution in [0.25, 0.3) is 10.8 Å². The van der Waals surface area contributed by atoms with E-state index < -0.39 is 5.60 Å². The van der Waals surface area contributed by atoms with Crippen molar-refractivity contribution in [3.8, 4) is 0 Å². The van der Waals surface area contributed by atoms with Crippen LogP contribution in [-0.2, 0) is 5.60 Å². The molecule has 0 bridgehead atoms. The Balaban J connectivity index is 2.16. The van der Waals surface area contributed by atoms with E-state index in [-0.39, 0.29) is 0 Å². The number of nitrogens with zero attached hydrogens (tertiary/aromatic N) is 1. The first-order chi connectivity index (χ1) is 8.30. The van der Waals surface area contributed by atoms with E-state index >= 15 is 0 Å². The molecule has 1 aliphatic heterocycles. The van der Waals surface area contributed by atoms with E-state index in [9.17, 15) is 5.11 Å². The van der Waals surface area contributed by atoms with Crippen LogP contribution in [0.15, 0.2) is 36.7 Å². The molecule has 0 spiro atoms. The van der Waals surface area contributed by atoms with E-state index in [0.717, 1.165) is 35.7 Å². The zero-order chi connectivity index (χ0) is 11.7. The molecule has 1 fully saturated rings. The monoisotopic (exact) mass is 228 g/mol. The fraction of sp³-hybridized carbons (Fsp3) is 0.357. The van der Waals surface area contributed by atoms with Crippen molar-refractivity contribution in [1.29, 1.82) is 0 Å². The van der Waals surface area contributed by atoms with Crippen molar-refractivity contribution in [2.45, 2.75) is 18.4 Å². The summed E-state index contributed by atoms with van der Waals surface area (Å²) in [5.74, 6) is 0. The maximum absolute atomic E-state index is 10.8. The number of benzene rings is 1. The van der Waals surface area contributed by atoms with Gasteiger partial charge in [0.15, 0.2) is 0 Å². The van der Waals surface area contributed by atoms with Crippen LogP contribution in [0, 0.1) is 0 Å². The molecule has 2 aromatic rings. The Bertz CT molecular complexity index is 527. The van der Waals surface area contributed by atoms with Gasteiger partial charge in [-0.2, -0.15) is 0 Å². The molecule has 0 radical (unpaired) electrons. The van der Waals surface area contributed by atoms with Gasteiger partial charge in [0.2, 0.25) is 0 Å². The summed E-state index contributed by atoms with van der Waals surface area (Å²) in [5, 5.41) is 16.2. The summed E-state index contributed by atoms with van der Waals surface area (Å²) >= 11 is 0. The molecule has 3 heteroatoms. The number of aromatic nitrogens is 1. The van der Waals surface area contributed by atoms with Gasteiger partial charge in [0, 0.05) is 24.3 Å². The maximum atomic E-state index is 10.8. The molecule has 1 atom stereocenters. The maximum Gasteiger partial charge on any atom is 0.103 e. The lowest BCUT2D eigenvalue weighted by molar-refractivity contribution is 0.0137. The van der Waals surface area contributed by atoms with Gasteiger partial charge < -0.3 is 10.4 Å². The van der Waals surface area contributed by atoms with Crippen molar-refractivity contribution >= 4 is 10.8 Å². The van der Waals surface area contributed by atoms with E-state index in [1.807, 2.05) is 30.5 Å². The first-order valence-electron chi connectivity index (χ1n) is 6.06. The molecule has 1 aliphatic rings. The van der Waals surface area contributed by atoms with E-state index in [0.29, 0.717) is 6.54 Å². The van der Waals surface area contributed by atoms with Crippen molar-refractivity contribution in [1.82, 2.24) is 10.3 Å². The molecular weight excluding hydrogens is 212 g/mol. The second kappa shape index (κ2) is 4.09. The summed E-state index contributed by atoms with van der Waals surface area (Å²) in [6.07, 6.45) is 5.46. The predicted molar refractivity (Wildman–Crippen MR) is 67.7 cm³/mol. The number of aliphatic hydroxyl groups is 1. The third-order valence-corrected chi connectivity index (χ3v) is 3.54. The van der Waals surface area contributed by atoms with Crippen LogP contribution in [0.3, 0.4) is 0 Å². The van der Waals surface area contributed by atoms with E-state index in [1.165, 1.54) is 0 Å². The van der Waals surface area contributed by atoms with Crippen molar-refractivity contribution in [3.05, 3.63) is 42.2 Å². The van der Waals surface area contributed by atoms with E-state index in [1.54, 1.807) is 6.20 Å². The van der Waals surface area contributed by atoms with Crippen molar-refractivity contribution in [2.75, 3.05) is 13.1 Å². The van der Waals surface area contributed by atoms with Crippen LogP contribution < -0.4 is 5.32 Å². The number of hydrogen-bond donors (Lipinski definition) is 2. The molecule has 0 saturated carbocycles. The molecule has 1 aromatic heterocycles. The highest BCUT2D eigenvalue weighted by molar-refractivity contribution is 5.85. The molecule has 0 aliphatic carbocycles. The smallest absolute Gasteiger partial charge is 0.103 e. The Labute approximate surface area is 100 Å². The van der Waals surface area contributed by atoms with Crippen molar-refractivity contribution in [3.63, 3.8) is 0 Å². The minimum Gasteiger partial charge on any atom is -0.384 e. The minimum atomic E-state index is -0.737. The summed E-state index contributed by atoms with van der Waals surface area (Å²) in [5.41, 5.74) is 0.281. The molecular formula is C14H16N2O. The average Bonchev–Trinajstić information content (AvgIpc) is 2.39. The molecule has 88 valence electrons. The summed E-state index contributed by atoms with van der Waals surface area (Å²) in [4.78, 5) is 4.12. The fourth-order valence-corrected chi connectivity index (χ4v) is 2.65. The number of piperidine rings is 1. The predicted octanol–water partition coefficient (Wildman–Crippen LogP) is 1.81. The Morgan fingerprint density at radius 3 is 3.06 bits per heavy atom. The SMILES string of the molecule is OC1(c2cccc3cnccc23)CCCNC1. The highest BCUT2D eigenvalue weighted by Gasteiger charge is 2.32. The standard InChI is InChI=1S/C14H16N2O/c17-14(6-2-7-16-10-14)13-4-1-3-11-9-15-8-5-12(11)13/h1,3-5,8-9,16-17H,2,6-7,10H2. The Morgan fingerprint density at radius 1 is 1.29 bits per heavy atom. The summed E-state index contributed by atoms with van der Waals surface area (Å²) in [6.45, 7) is 1.63. The van der Waals surface area contributed by atoms with Gasteiger partial charge in [0.05, 0.1) is 0 Å². The fourth-order valence-electron chi connectivity index (χ4n) is 2.65. The van der Waals surface area contributed by atoms with Crippen LogP contribution in [-0.4, -0.2) is 23.2 Å². The largest absolute Gasteiger partial charge is 0.384 e. The molecule has 1 aromatic carbocycles. The van der Waals surface area contributed by atoms with Crippen LogP contribution in [0.2, 0.25) is 0 Å². The Morgan fingerprint density at radius 2 is 2.24 bits per heavy atom. The molecule has 3 nitrogen and oxygen atoms in total. The van der Waals surface area contributed by atoms with Gasteiger partial charge in [-0.25, -0.2) is 0 Å². The summed E-state index contributed by atoms with van der Waals surface area (Å²) < 4.78 is 0. The van der Waals surface area contributed by atoms with Crippen LogP contribution in [0.1, 0.15) is 18.4 Å². The molecule has 1 unspecified atom stereocenters. The van der Waals surface area contributed by atoms with Crippen LogP contribution in [0.5, 0.6) is 0 Å². The van der Waals surface area contributed by atoms with Gasteiger partial charge in [-0.1, -0.05) is 18.2 Å². The lowest BCUT2D eigenvalue weighted by atomic mass is 9.84. The zero-order valence-electron chi connectivity index (χ0n) is 9.69. The third-order valence-electron chi connectivity index (χ3n) is 3.54. The number of fused-ring (bicyclic) bond motifs is 1. The zero-order valence-corrected chi connectivity index (χ0v) is 9.69. The molecule has 17 heavy (non-hydrogen) atoms. The lowest BCUT2D eigenvalue weighted by Crippen LogP contribution is -2.43. The molecule has 1 saturated heterocycles. The van der Waals surface area contributed by atoms with Gasteiger partial charge in [-0.3, -0.25) is 4.98 Å². The van der Waals surface area contributed by atoms with Gasteiger partial charge in [0.25, 0.3) is 0 Å². The van der Waals surface area contributed by atoms with E-state index in [4.69, 9.17) is 0 Å². The quantitative estimate of drug-likeness (QED) is 0.782. The molecule has 2 heterocycles.